The van der Waals surface area contributed by atoms with Crippen LogP contribution in [-0.2, 0) is 6.42 Å². The van der Waals surface area contributed by atoms with Gasteiger partial charge in [-0.3, -0.25) is 0 Å². The number of likely N-dealkylation sites (N-methyl/N-ethyl adjacent to an activating group) is 1. The van der Waals surface area contributed by atoms with E-state index in [9.17, 15) is 0 Å². The molecule has 0 saturated heterocycles. The molecule has 3 aromatic rings. The SMILES string of the molecule is CCN(CCCOc1noc(-c2ccccc2)n1)CCc1ccc(OC)c(OC)c1.Cl. The Bertz CT molecular complexity index is 905. The molecular weight excluding hydrogens is 418 g/mol. The van der Waals surface area contributed by atoms with E-state index >= 15 is 0 Å². The standard InChI is InChI=1S/C23H29N3O4.ClH/c1-4-26(15-13-18-11-12-20(27-2)21(17-18)28-3)14-8-16-29-23-24-22(30-25-23)19-9-6-5-7-10-19;/h5-7,9-12,17H,4,8,13-16H2,1-3H3;1H. The molecule has 7 nitrogen and oxygen atoms in total. The number of aromatic nitrogens is 2. The number of hydrogen-bond acceptors (Lipinski definition) is 7. The van der Waals surface area contributed by atoms with Crippen LogP contribution in [-0.4, -0.2) is 55.5 Å². The van der Waals surface area contributed by atoms with Crippen molar-refractivity contribution >= 4 is 12.4 Å². The Morgan fingerprint density at radius 3 is 2.45 bits per heavy atom. The summed E-state index contributed by atoms with van der Waals surface area (Å²) in [5.41, 5.74) is 2.11. The van der Waals surface area contributed by atoms with Crippen LogP contribution < -0.4 is 14.2 Å². The van der Waals surface area contributed by atoms with Gasteiger partial charge in [0.15, 0.2) is 11.5 Å². The zero-order valence-corrected chi connectivity index (χ0v) is 19.1. The fourth-order valence-corrected chi connectivity index (χ4v) is 3.17. The van der Waals surface area contributed by atoms with Gasteiger partial charge in [-0.1, -0.05) is 31.2 Å². The van der Waals surface area contributed by atoms with Gasteiger partial charge in [-0.2, -0.15) is 4.98 Å². The average molecular weight is 448 g/mol. The Hall–Kier alpha value is -2.77. The van der Waals surface area contributed by atoms with Gasteiger partial charge in [0.2, 0.25) is 0 Å². The van der Waals surface area contributed by atoms with E-state index in [-0.39, 0.29) is 18.4 Å². The molecule has 0 amide bonds. The molecule has 0 atom stereocenters. The highest BCUT2D eigenvalue weighted by Crippen LogP contribution is 2.27. The molecular formula is C23H30ClN3O4. The lowest BCUT2D eigenvalue weighted by Gasteiger charge is -2.20. The molecule has 1 heterocycles. The van der Waals surface area contributed by atoms with Crippen LogP contribution in [0.5, 0.6) is 17.5 Å². The molecule has 8 heteroatoms. The number of rotatable bonds is 12. The van der Waals surface area contributed by atoms with Gasteiger partial charge in [-0.15, -0.1) is 12.4 Å². The number of methoxy groups -OCH3 is 2. The summed E-state index contributed by atoms with van der Waals surface area (Å²) in [6, 6.07) is 16.0. The zero-order valence-electron chi connectivity index (χ0n) is 18.2. The van der Waals surface area contributed by atoms with E-state index in [4.69, 9.17) is 18.7 Å². The first kappa shape index (κ1) is 24.5. The number of hydrogen-bond donors (Lipinski definition) is 0. The third kappa shape index (κ3) is 7.15. The van der Waals surface area contributed by atoms with Crippen molar-refractivity contribution in [2.24, 2.45) is 0 Å². The molecule has 0 N–H and O–H groups in total. The monoisotopic (exact) mass is 447 g/mol. The van der Waals surface area contributed by atoms with Gasteiger partial charge < -0.3 is 23.6 Å². The fourth-order valence-electron chi connectivity index (χ4n) is 3.17. The van der Waals surface area contributed by atoms with E-state index in [0.717, 1.165) is 49.5 Å². The van der Waals surface area contributed by atoms with Crippen molar-refractivity contribution in [1.29, 1.82) is 0 Å². The Balaban J connectivity index is 0.00000341. The maximum Gasteiger partial charge on any atom is 0.354 e. The predicted molar refractivity (Wildman–Crippen MR) is 122 cm³/mol. The third-order valence-corrected chi connectivity index (χ3v) is 4.89. The van der Waals surface area contributed by atoms with Crippen LogP contribution in [0.3, 0.4) is 0 Å². The molecule has 168 valence electrons. The van der Waals surface area contributed by atoms with Gasteiger partial charge in [0, 0.05) is 18.7 Å². The van der Waals surface area contributed by atoms with E-state index in [2.05, 4.69) is 28.0 Å². The van der Waals surface area contributed by atoms with Gasteiger partial charge in [0.05, 0.1) is 20.8 Å². The van der Waals surface area contributed by atoms with E-state index in [1.54, 1.807) is 14.2 Å². The van der Waals surface area contributed by atoms with Gasteiger partial charge in [0.1, 0.15) is 0 Å². The van der Waals surface area contributed by atoms with Crippen LogP contribution in [0.1, 0.15) is 18.9 Å². The third-order valence-electron chi connectivity index (χ3n) is 4.89. The van der Waals surface area contributed by atoms with Crippen LogP contribution in [0, 0.1) is 0 Å². The van der Waals surface area contributed by atoms with Gasteiger partial charge in [0.25, 0.3) is 5.89 Å². The molecule has 3 rings (SSSR count). The summed E-state index contributed by atoms with van der Waals surface area (Å²) in [5.74, 6) is 1.99. The van der Waals surface area contributed by atoms with Crippen molar-refractivity contribution in [2.45, 2.75) is 19.8 Å². The first-order valence-electron chi connectivity index (χ1n) is 10.2. The summed E-state index contributed by atoms with van der Waals surface area (Å²) in [6.07, 6.45) is 1.83. The molecule has 0 bridgehead atoms. The molecule has 2 aromatic carbocycles. The van der Waals surface area contributed by atoms with Crippen molar-refractivity contribution < 1.29 is 18.7 Å². The summed E-state index contributed by atoms with van der Waals surface area (Å²) in [4.78, 5) is 6.68. The predicted octanol–water partition coefficient (Wildman–Crippen LogP) is 4.51. The van der Waals surface area contributed by atoms with Crippen molar-refractivity contribution in [3.63, 3.8) is 0 Å². The molecule has 0 fully saturated rings. The van der Waals surface area contributed by atoms with Gasteiger partial charge in [-0.25, -0.2) is 0 Å². The van der Waals surface area contributed by atoms with Crippen molar-refractivity contribution in [3.8, 4) is 29.0 Å². The summed E-state index contributed by atoms with van der Waals surface area (Å²) < 4.78 is 21.6. The van der Waals surface area contributed by atoms with Crippen molar-refractivity contribution in [2.75, 3.05) is 40.5 Å². The molecule has 31 heavy (non-hydrogen) atoms. The summed E-state index contributed by atoms with van der Waals surface area (Å²) >= 11 is 0. The van der Waals surface area contributed by atoms with E-state index < -0.39 is 0 Å². The normalized spacial score (nSPS) is 10.6. The summed E-state index contributed by atoms with van der Waals surface area (Å²) in [6.45, 7) is 5.59. The molecule has 0 spiro atoms. The van der Waals surface area contributed by atoms with Gasteiger partial charge in [-0.05, 0) is 54.4 Å². The summed E-state index contributed by atoms with van der Waals surface area (Å²) in [7, 11) is 3.31. The Morgan fingerprint density at radius 1 is 0.968 bits per heavy atom. The molecule has 1 aromatic heterocycles. The lowest BCUT2D eigenvalue weighted by molar-refractivity contribution is 0.228. The lowest BCUT2D eigenvalue weighted by atomic mass is 10.1. The van der Waals surface area contributed by atoms with Crippen LogP contribution in [0.2, 0.25) is 0 Å². The van der Waals surface area contributed by atoms with Crippen molar-refractivity contribution in [3.05, 3.63) is 54.1 Å². The average Bonchev–Trinajstić information content (AvgIpc) is 3.28. The molecule has 0 unspecified atom stereocenters. The maximum atomic E-state index is 5.65. The highest BCUT2D eigenvalue weighted by molar-refractivity contribution is 5.85. The van der Waals surface area contributed by atoms with Crippen LogP contribution >= 0.6 is 12.4 Å². The molecule has 0 radical (unpaired) electrons. The molecule has 0 saturated carbocycles. The second kappa shape index (κ2) is 12.8. The Morgan fingerprint density at radius 2 is 1.74 bits per heavy atom. The number of benzene rings is 2. The molecule has 0 aliphatic heterocycles. The largest absolute Gasteiger partial charge is 0.493 e. The number of nitrogens with zero attached hydrogens (tertiary/aromatic N) is 3. The van der Waals surface area contributed by atoms with E-state index in [1.807, 2.05) is 42.5 Å². The minimum atomic E-state index is 0. The quantitative estimate of drug-likeness (QED) is 0.378. The smallest absolute Gasteiger partial charge is 0.354 e. The minimum Gasteiger partial charge on any atom is -0.493 e. The zero-order chi connectivity index (χ0) is 21.2. The minimum absolute atomic E-state index is 0. The van der Waals surface area contributed by atoms with E-state index in [0.29, 0.717) is 12.5 Å². The molecule has 0 aliphatic rings. The maximum absolute atomic E-state index is 5.65. The van der Waals surface area contributed by atoms with Crippen LogP contribution in [0.15, 0.2) is 53.1 Å². The first-order chi connectivity index (χ1) is 14.7. The summed E-state index contributed by atoms with van der Waals surface area (Å²) in [5, 5.41) is 3.89. The highest BCUT2D eigenvalue weighted by atomic mass is 35.5. The second-order valence-corrected chi connectivity index (χ2v) is 6.82. The first-order valence-corrected chi connectivity index (χ1v) is 10.2. The van der Waals surface area contributed by atoms with Crippen LogP contribution in [0.25, 0.3) is 11.5 Å². The Kier molecular flexibility index (Phi) is 10.1. The Labute approximate surface area is 189 Å². The van der Waals surface area contributed by atoms with Crippen molar-refractivity contribution in [1.82, 2.24) is 15.0 Å². The topological polar surface area (TPSA) is 69.9 Å². The second-order valence-electron chi connectivity index (χ2n) is 6.82. The molecule has 0 aliphatic carbocycles. The number of halogens is 1. The highest BCUT2D eigenvalue weighted by Gasteiger charge is 2.10. The van der Waals surface area contributed by atoms with Crippen LogP contribution in [0.4, 0.5) is 0 Å². The number of ether oxygens (including phenoxy) is 3. The lowest BCUT2D eigenvalue weighted by Crippen LogP contribution is -2.28. The van der Waals surface area contributed by atoms with E-state index in [1.165, 1.54) is 5.56 Å². The van der Waals surface area contributed by atoms with Gasteiger partial charge >= 0.3 is 6.01 Å². The fraction of sp³-hybridized carbons (Fsp3) is 0.391.